The number of methoxy groups -OCH3 is 1. The fourth-order valence-corrected chi connectivity index (χ4v) is 2.00. The Bertz CT molecular complexity index is 578. The van der Waals surface area contributed by atoms with Gasteiger partial charge in [-0.1, -0.05) is 24.1 Å². The highest BCUT2D eigenvalue weighted by Gasteiger charge is 2.09. The molecule has 0 amide bonds. The van der Waals surface area contributed by atoms with E-state index >= 15 is 0 Å². The standard InChI is InChI=1S/C15H20N4O/c1-5-6-16-14-17-13(18-15(19-14)20-4)12-8-10(2)7-11(3)9-12/h7-9H,5-6H2,1-4H3,(H,16,17,18,19). The highest BCUT2D eigenvalue weighted by atomic mass is 16.5. The van der Waals surface area contributed by atoms with Gasteiger partial charge >= 0.3 is 6.01 Å². The van der Waals surface area contributed by atoms with Crippen LogP contribution in [0.2, 0.25) is 0 Å². The van der Waals surface area contributed by atoms with E-state index in [2.05, 4.69) is 59.2 Å². The third kappa shape index (κ3) is 3.44. The molecule has 0 aliphatic heterocycles. The number of nitrogens with one attached hydrogen (secondary N) is 1. The molecule has 2 rings (SSSR count). The van der Waals surface area contributed by atoms with E-state index in [9.17, 15) is 0 Å². The first kappa shape index (κ1) is 14.2. The first-order chi connectivity index (χ1) is 9.62. The van der Waals surface area contributed by atoms with E-state index in [-0.39, 0.29) is 0 Å². The van der Waals surface area contributed by atoms with Gasteiger partial charge in [-0.05, 0) is 32.4 Å². The van der Waals surface area contributed by atoms with Crippen LogP contribution in [0.3, 0.4) is 0 Å². The SMILES string of the molecule is CCCNc1nc(OC)nc(-c2cc(C)cc(C)c2)n1. The van der Waals surface area contributed by atoms with Crippen LogP contribution in [-0.4, -0.2) is 28.6 Å². The second kappa shape index (κ2) is 6.32. The average Bonchev–Trinajstić information content (AvgIpc) is 2.43. The minimum absolute atomic E-state index is 0.327. The molecule has 0 fully saturated rings. The van der Waals surface area contributed by atoms with Crippen molar-refractivity contribution in [3.8, 4) is 17.4 Å². The molecule has 5 nitrogen and oxygen atoms in total. The fourth-order valence-electron chi connectivity index (χ4n) is 2.00. The first-order valence-corrected chi connectivity index (χ1v) is 6.75. The smallest absolute Gasteiger partial charge is 0.321 e. The van der Waals surface area contributed by atoms with Gasteiger partial charge in [0.1, 0.15) is 0 Å². The lowest BCUT2D eigenvalue weighted by Crippen LogP contribution is -2.07. The maximum Gasteiger partial charge on any atom is 0.321 e. The number of hydrogen-bond acceptors (Lipinski definition) is 5. The van der Waals surface area contributed by atoms with Crippen molar-refractivity contribution in [1.29, 1.82) is 0 Å². The molecule has 106 valence electrons. The van der Waals surface area contributed by atoms with Gasteiger partial charge < -0.3 is 10.1 Å². The number of hydrogen-bond donors (Lipinski definition) is 1. The summed E-state index contributed by atoms with van der Waals surface area (Å²) in [6.07, 6.45) is 1.01. The summed E-state index contributed by atoms with van der Waals surface area (Å²) in [4.78, 5) is 13.0. The van der Waals surface area contributed by atoms with Crippen molar-refractivity contribution in [3.63, 3.8) is 0 Å². The van der Waals surface area contributed by atoms with Gasteiger partial charge in [0.25, 0.3) is 0 Å². The highest BCUT2D eigenvalue weighted by molar-refractivity contribution is 5.59. The summed E-state index contributed by atoms with van der Waals surface area (Å²) in [7, 11) is 1.56. The summed E-state index contributed by atoms with van der Waals surface area (Å²) >= 11 is 0. The number of nitrogens with zero attached hydrogens (tertiary/aromatic N) is 3. The van der Waals surface area contributed by atoms with E-state index in [1.54, 1.807) is 7.11 Å². The van der Waals surface area contributed by atoms with E-state index in [0.29, 0.717) is 17.8 Å². The molecule has 0 spiro atoms. The van der Waals surface area contributed by atoms with Gasteiger partial charge in [0, 0.05) is 12.1 Å². The van der Waals surface area contributed by atoms with E-state index in [1.807, 2.05) is 0 Å². The number of ether oxygens (including phenoxy) is 1. The van der Waals surface area contributed by atoms with Crippen molar-refractivity contribution in [2.45, 2.75) is 27.2 Å². The van der Waals surface area contributed by atoms with E-state index in [1.165, 1.54) is 11.1 Å². The molecule has 0 unspecified atom stereocenters. The van der Waals surface area contributed by atoms with Gasteiger partial charge in [0.05, 0.1) is 7.11 Å². The lowest BCUT2D eigenvalue weighted by Gasteiger charge is -2.08. The van der Waals surface area contributed by atoms with Crippen LogP contribution in [0.4, 0.5) is 5.95 Å². The molecule has 1 aromatic heterocycles. The molecule has 1 aromatic carbocycles. The van der Waals surface area contributed by atoms with Crippen molar-refractivity contribution in [1.82, 2.24) is 15.0 Å². The second-order valence-electron chi connectivity index (χ2n) is 4.77. The summed E-state index contributed by atoms with van der Waals surface area (Å²) in [6, 6.07) is 6.57. The molecule has 1 N–H and O–H groups in total. The molecule has 0 radical (unpaired) electrons. The van der Waals surface area contributed by atoms with Crippen molar-refractivity contribution < 1.29 is 4.74 Å². The monoisotopic (exact) mass is 272 g/mol. The van der Waals surface area contributed by atoms with E-state index in [0.717, 1.165) is 18.5 Å². The minimum atomic E-state index is 0.327. The minimum Gasteiger partial charge on any atom is -0.467 e. The zero-order valence-corrected chi connectivity index (χ0v) is 12.4. The maximum absolute atomic E-state index is 5.16. The third-order valence-corrected chi connectivity index (χ3v) is 2.81. The zero-order chi connectivity index (χ0) is 14.5. The van der Waals surface area contributed by atoms with Crippen LogP contribution in [-0.2, 0) is 0 Å². The Hall–Kier alpha value is -2.17. The van der Waals surface area contributed by atoms with E-state index < -0.39 is 0 Å². The second-order valence-corrected chi connectivity index (χ2v) is 4.77. The average molecular weight is 272 g/mol. The van der Waals surface area contributed by atoms with Crippen LogP contribution < -0.4 is 10.1 Å². The number of anilines is 1. The van der Waals surface area contributed by atoms with Crippen LogP contribution >= 0.6 is 0 Å². The number of rotatable bonds is 5. The van der Waals surface area contributed by atoms with Crippen LogP contribution in [0.25, 0.3) is 11.4 Å². The van der Waals surface area contributed by atoms with Gasteiger partial charge in [-0.3, -0.25) is 0 Å². The maximum atomic E-state index is 5.16. The Morgan fingerprint density at radius 2 is 1.75 bits per heavy atom. The van der Waals surface area contributed by atoms with Crippen LogP contribution in [0, 0.1) is 13.8 Å². The topological polar surface area (TPSA) is 59.9 Å². The molecule has 20 heavy (non-hydrogen) atoms. The van der Waals surface area contributed by atoms with Gasteiger partial charge in [0.15, 0.2) is 5.82 Å². The Kier molecular flexibility index (Phi) is 4.50. The van der Waals surface area contributed by atoms with Gasteiger partial charge in [-0.25, -0.2) is 0 Å². The molecular formula is C15H20N4O. The lowest BCUT2D eigenvalue weighted by atomic mass is 10.1. The predicted octanol–water partition coefficient (Wildman–Crippen LogP) is 2.99. The lowest BCUT2D eigenvalue weighted by molar-refractivity contribution is 0.379. The first-order valence-electron chi connectivity index (χ1n) is 6.75. The van der Waals surface area contributed by atoms with Crippen molar-refractivity contribution in [2.24, 2.45) is 0 Å². The molecule has 1 heterocycles. The Morgan fingerprint density at radius 3 is 2.35 bits per heavy atom. The fraction of sp³-hybridized carbons (Fsp3) is 0.400. The molecule has 0 saturated carbocycles. The molecule has 0 bridgehead atoms. The van der Waals surface area contributed by atoms with Crippen LogP contribution in [0.15, 0.2) is 18.2 Å². The van der Waals surface area contributed by atoms with Crippen molar-refractivity contribution in [3.05, 3.63) is 29.3 Å². The summed E-state index contributed by atoms with van der Waals surface area (Å²) in [5.41, 5.74) is 3.34. The Balaban J connectivity index is 2.43. The van der Waals surface area contributed by atoms with Crippen molar-refractivity contribution in [2.75, 3.05) is 19.0 Å². The Labute approximate surface area is 119 Å². The molecule has 5 heteroatoms. The predicted molar refractivity (Wildman–Crippen MR) is 80.1 cm³/mol. The molecular weight excluding hydrogens is 252 g/mol. The largest absolute Gasteiger partial charge is 0.467 e. The zero-order valence-electron chi connectivity index (χ0n) is 12.4. The summed E-state index contributed by atoms with van der Waals surface area (Å²) < 4.78 is 5.16. The quantitative estimate of drug-likeness (QED) is 0.906. The number of benzene rings is 1. The normalized spacial score (nSPS) is 10.4. The Morgan fingerprint density at radius 1 is 1.05 bits per heavy atom. The van der Waals surface area contributed by atoms with Crippen LogP contribution in [0.1, 0.15) is 24.5 Å². The molecule has 0 saturated heterocycles. The highest BCUT2D eigenvalue weighted by Crippen LogP contribution is 2.21. The number of aromatic nitrogens is 3. The van der Waals surface area contributed by atoms with Gasteiger partial charge in [0.2, 0.25) is 5.95 Å². The van der Waals surface area contributed by atoms with Gasteiger partial charge in [-0.2, -0.15) is 15.0 Å². The summed E-state index contributed by atoms with van der Waals surface area (Å²) in [5.74, 6) is 1.18. The van der Waals surface area contributed by atoms with Crippen LogP contribution in [0.5, 0.6) is 6.01 Å². The van der Waals surface area contributed by atoms with Gasteiger partial charge in [-0.15, -0.1) is 0 Å². The summed E-state index contributed by atoms with van der Waals surface area (Å²) in [6.45, 7) is 7.03. The third-order valence-electron chi connectivity index (χ3n) is 2.81. The van der Waals surface area contributed by atoms with E-state index in [4.69, 9.17) is 4.74 Å². The number of aryl methyl sites for hydroxylation is 2. The molecule has 0 aliphatic carbocycles. The molecule has 0 atom stereocenters. The van der Waals surface area contributed by atoms with Crippen molar-refractivity contribution >= 4 is 5.95 Å². The molecule has 2 aromatic rings. The molecule has 0 aliphatic rings. The summed E-state index contributed by atoms with van der Waals surface area (Å²) in [5, 5.41) is 3.17.